The Labute approximate surface area is 124 Å². The number of amides is 1. The first kappa shape index (κ1) is 13.8. The first-order valence-corrected chi connectivity index (χ1v) is 6.29. The number of pyridine rings is 1. The number of anilines is 1. The maximum Gasteiger partial charge on any atom is 0.413 e. The van der Waals surface area contributed by atoms with Gasteiger partial charge in [-0.05, 0) is 12.1 Å². The largest absolute Gasteiger partial charge is 0.453 e. The molecule has 0 aliphatic heterocycles. The number of para-hydroxylation sites is 1. The van der Waals surface area contributed by atoms with Crippen molar-refractivity contribution in [1.29, 1.82) is 0 Å². The topological polar surface area (TPSA) is 89.1 Å². The second-order valence-electron chi connectivity index (χ2n) is 4.27. The summed E-state index contributed by atoms with van der Waals surface area (Å²) in [6, 6.07) is 7.62. The number of fused-ring (bicyclic) bond motifs is 1. The Hall–Kier alpha value is -3.16. The summed E-state index contributed by atoms with van der Waals surface area (Å²) in [5.41, 5.74) is 0.910. The molecule has 0 aliphatic carbocycles. The molecule has 0 aliphatic rings. The predicted octanol–water partition coefficient (Wildman–Crippen LogP) is 3.07. The molecule has 0 saturated heterocycles. The minimum Gasteiger partial charge on any atom is -0.453 e. The van der Waals surface area contributed by atoms with Crippen LogP contribution in [0.1, 0.15) is 0 Å². The molecule has 1 amide bonds. The number of carbonyl (C=O) groups is 1. The number of imidazole rings is 1. The average molecular weight is 302 g/mol. The maximum atomic E-state index is 13.5. The van der Waals surface area contributed by atoms with E-state index in [1.807, 2.05) is 0 Å². The van der Waals surface area contributed by atoms with E-state index in [0.29, 0.717) is 16.9 Å². The van der Waals surface area contributed by atoms with Gasteiger partial charge >= 0.3 is 6.09 Å². The number of H-pyrrole nitrogens is 1. The number of hydrogen-bond donors (Lipinski definition) is 2. The average Bonchev–Trinajstić information content (AvgIpc) is 2.91. The van der Waals surface area contributed by atoms with Crippen LogP contribution in [0.3, 0.4) is 0 Å². The SMILES string of the molecule is COC(=O)Nc1nc2cc(Oc3ccccc3F)cnc2[nH]1. The Morgan fingerprint density at radius 2 is 2.18 bits per heavy atom. The van der Waals surface area contributed by atoms with Crippen molar-refractivity contribution in [1.82, 2.24) is 15.0 Å². The van der Waals surface area contributed by atoms with Gasteiger partial charge in [0.05, 0.1) is 13.3 Å². The monoisotopic (exact) mass is 302 g/mol. The highest BCUT2D eigenvalue weighted by molar-refractivity contribution is 5.85. The summed E-state index contributed by atoms with van der Waals surface area (Å²) in [5.74, 6) is 0.135. The molecule has 3 rings (SSSR count). The van der Waals surface area contributed by atoms with Crippen molar-refractivity contribution in [2.75, 3.05) is 12.4 Å². The third-order valence-corrected chi connectivity index (χ3v) is 2.78. The Kier molecular flexibility index (Phi) is 3.57. The molecular formula is C14H11FN4O3. The van der Waals surface area contributed by atoms with Crippen molar-refractivity contribution in [2.24, 2.45) is 0 Å². The van der Waals surface area contributed by atoms with E-state index in [2.05, 4.69) is 25.0 Å². The lowest BCUT2D eigenvalue weighted by molar-refractivity contribution is 0.186. The summed E-state index contributed by atoms with van der Waals surface area (Å²) in [4.78, 5) is 22.1. The number of halogens is 1. The van der Waals surface area contributed by atoms with Gasteiger partial charge in [-0.3, -0.25) is 5.32 Å². The van der Waals surface area contributed by atoms with Gasteiger partial charge in [0.25, 0.3) is 0 Å². The van der Waals surface area contributed by atoms with E-state index in [1.165, 1.54) is 25.4 Å². The van der Waals surface area contributed by atoms with Gasteiger partial charge in [0.1, 0.15) is 11.3 Å². The highest BCUT2D eigenvalue weighted by Gasteiger charge is 2.10. The normalized spacial score (nSPS) is 10.5. The molecule has 2 N–H and O–H groups in total. The van der Waals surface area contributed by atoms with Gasteiger partial charge in [0.2, 0.25) is 5.95 Å². The maximum absolute atomic E-state index is 13.5. The number of aromatic nitrogens is 3. The number of hydrogen-bond acceptors (Lipinski definition) is 5. The van der Waals surface area contributed by atoms with Crippen LogP contribution in [0.4, 0.5) is 15.1 Å². The van der Waals surface area contributed by atoms with E-state index in [9.17, 15) is 9.18 Å². The van der Waals surface area contributed by atoms with Gasteiger partial charge in [-0.1, -0.05) is 12.1 Å². The van der Waals surface area contributed by atoms with Crippen molar-refractivity contribution >= 4 is 23.2 Å². The highest BCUT2D eigenvalue weighted by atomic mass is 19.1. The van der Waals surface area contributed by atoms with Gasteiger partial charge in [-0.2, -0.15) is 0 Å². The number of ether oxygens (including phenoxy) is 2. The van der Waals surface area contributed by atoms with Gasteiger partial charge in [-0.15, -0.1) is 0 Å². The molecule has 0 radical (unpaired) electrons. The number of carbonyl (C=O) groups excluding carboxylic acids is 1. The number of methoxy groups -OCH3 is 1. The lowest BCUT2D eigenvalue weighted by atomic mass is 10.3. The molecule has 0 fully saturated rings. The van der Waals surface area contributed by atoms with E-state index in [4.69, 9.17) is 4.74 Å². The van der Waals surface area contributed by atoms with Gasteiger partial charge in [-0.25, -0.2) is 19.2 Å². The molecule has 2 aromatic heterocycles. The zero-order valence-corrected chi connectivity index (χ0v) is 11.5. The van der Waals surface area contributed by atoms with Crippen LogP contribution in [0.25, 0.3) is 11.2 Å². The zero-order valence-electron chi connectivity index (χ0n) is 11.5. The Morgan fingerprint density at radius 3 is 2.95 bits per heavy atom. The molecule has 22 heavy (non-hydrogen) atoms. The number of rotatable bonds is 3. The van der Waals surface area contributed by atoms with E-state index in [-0.39, 0.29) is 11.7 Å². The fourth-order valence-corrected chi connectivity index (χ4v) is 1.79. The number of benzene rings is 1. The van der Waals surface area contributed by atoms with Crippen molar-refractivity contribution in [3.8, 4) is 11.5 Å². The first-order valence-electron chi connectivity index (χ1n) is 6.29. The Bertz CT molecular complexity index is 834. The molecule has 0 bridgehead atoms. The molecule has 8 heteroatoms. The molecule has 0 spiro atoms. The lowest BCUT2D eigenvalue weighted by Gasteiger charge is -2.05. The molecule has 7 nitrogen and oxygen atoms in total. The molecule has 1 aromatic carbocycles. The van der Waals surface area contributed by atoms with Gasteiger partial charge in [0, 0.05) is 6.07 Å². The van der Waals surface area contributed by atoms with Crippen LogP contribution in [-0.2, 0) is 4.74 Å². The summed E-state index contributed by atoms with van der Waals surface area (Å²) in [6.45, 7) is 0. The van der Waals surface area contributed by atoms with Crippen molar-refractivity contribution in [2.45, 2.75) is 0 Å². The second-order valence-corrected chi connectivity index (χ2v) is 4.27. The number of nitrogens with one attached hydrogen (secondary N) is 2. The summed E-state index contributed by atoms with van der Waals surface area (Å²) in [5, 5.41) is 2.39. The third-order valence-electron chi connectivity index (χ3n) is 2.78. The van der Waals surface area contributed by atoms with E-state index < -0.39 is 11.9 Å². The van der Waals surface area contributed by atoms with Crippen LogP contribution in [0.5, 0.6) is 11.5 Å². The number of aromatic amines is 1. The minimum atomic E-state index is -0.651. The fraction of sp³-hybridized carbons (Fsp3) is 0.0714. The minimum absolute atomic E-state index is 0.0899. The first-order chi connectivity index (χ1) is 10.7. The molecule has 2 heterocycles. The molecule has 0 saturated carbocycles. The zero-order chi connectivity index (χ0) is 15.5. The number of nitrogens with zero attached hydrogens (tertiary/aromatic N) is 2. The summed E-state index contributed by atoms with van der Waals surface area (Å²) in [7, 11) is 1.25. The standard InChI is InChI=1S/C14H11FN4O3/c1-21-14(20)19-13-17-10-6-8(7-16-12(10)18-13)22-11-5-3-2-4-9(11)15/h2-7H,1H3,(H2,16,17,18,19,20). The molecular weight excluding hydrogens is 291 g/mol. The van der Waals surface area contributed by atoms with E-state index >= 15 is 0 Å². The third kappa shape index (κ3) is 2.80. The molecule has 0 atom stereocenters. The van der Waals surface area contributed by atoms with Crippen LogP contribution < -0.4 is 10.1 Å². The van der Waals surface area contributed by atoms with Crippen molar-refractivity contribution < 1.29 is 18.7 Å². The van der Waals surface area contributed by atoms with Crippen LogP contribution in [0.15, 0.2) is 36.5 Å². The molecule has 112 valence electrons. The molecule has 3 aromatic rings. The Balaban J connectivity index is 1.86. The van der Waals surface area contributed by atoms with Gasteiger partial charge in [0.15, 0.2) is 17.2 Å². The predicted molar refractivity (Wildman–Crippen MR) is 76.4 cm³/mol. The molecule has 0 unspecified atom stereocenters. The fourth-order valence-electron chi connectivity index (χ4n) is 1.79. The smallest absolute Gasteiger partial charge is 0.413 e. The van der Waals surface area contributed by atoms with Gasteiger partial charge < -0.3 is 14.5 Å². The van der Waals surface area contributed by atoms with Crippen molar-refractivity contribution in [3.63, 3.8) is 0 Å². The summed E-state index contributed by atoms with van der Waals surface area (Å²) >= 11 is 0. The van der Waals surface area contributed by atoms with Crippen LogP contribution >= 0.6 is 0 Å². The van der Waals surface area contributed by atoms with E-state index in [0.717, 1.165) is 0 Å². The van der Waals surface area contributed by atoms with Crippen LogP contribution in [0.2, 0.25) is 0 Å². The lowest BCUT2D eigenvalue weighted by Crippen LogP contribution is -2.11. The van der Waals surface area contributed by atoms with E-state index in [1.54, 1.807) is 18.2 Å². The quantitative estimate of drug-likeness (QED) is 0.776. The second kappa shape index (κ2) is 5.68. The van der Waals surface area contributed by atoms with Crippen molar-refractivity contribution in [3.05, 3.63) is 42.3 Å². The summed E-state index contributed by atoms with van der Waals surface area (Å²) < 4.78 is 23.4. The highest BCUT2D eigenvalue weighted by Crippen LogP contribution is 2.25. The van der Waals surface area contributed by atoms with Crippen LogP contribution in [-0.4, -0.2) is 28.2 Å². The summed E-state index contributed by atoms with van der Waals surface area (Å²) in [6.07, 6.45) is 0.774. The van der Waals surface area contributed by atoms with Crippen LogP contribution in [0, 0.1) is 5.82 Å². The Morgan fingerprint density at radius 1 is 1.36 bits per heavy atom.